The van der Waals surface area contributed by atoms with Gasteiger partial charge in [0.1, 0.15) is 0 Å². The number of aromatic nitrogens is 4. The first-order valence-corrected chi connectivity index (χ1v) is 19.6. The maximum Gasteiger partial charge on any atom is 0.310 e. The van der Waals surface area contributed by atoms with Crippen LogP contribution in [-0.4, -0.2) is 104 Å². The molecule has 0 fully saturated rings. The minimum absolute atomic E-state index is 0.113. The number of amides is 1. The van der Waals surface area contributed by atoms with Crippen molar-refractivity contribution >= 4 is 51.1 Å². The number of fused-ring (bicyclic) bond motifs is 8. The lowest BCUT2D eigenvalue weighted by molar-refractivity contribution is -0.141. The smallest absolute Gasteiger partial charge is 0.310 e. The molecule has 0 saturated carbocycles. The monoisotopic (exact) mass is 787 g/mol. The molecule has 3 aromatic heterocycles. The summed E-state index contributed by atoms with van der Waals surface area (Å²) in [7, 11) is 4.28. The van der Waals surface area contributed by atoms with Gasteiger partial charge in [0.05, 0.1) is 82.4 Å². The fourth-order valence-electron chi connectivity index (χ4n) is 7.77. The third-order valence-corrected chi connectivity index (χ3v) is 10.9. The van der Waals surface area contributed by atoms with Crippen molar-refractivity contribution in [2.24, 2.45) is 0 Å². The molecule has 0 spiro atoms. The van der Waals surface area contributed by atoms with Gasteiger partial charge in [-0.05, 0) is 81.0 Å². The molecule has 14 heteroatoms. The molecule has 308 valence electrons. The molecule has 3 unspecified atom stereocenters. The molecule has 3 aromatic rings. The summed E-state index contributed by atoms with van der Waals surface area (Å²) in [6.45, 7) is 13.9. The number of allylic oxidation sites excluding steroid dienone is 1. The van der Waals surface area contributed by atoms with Gasteiger partial charge in [-0.1, -0.05) is 13.8 Å². The molecule has 4 N–H and O–H groups in total. The number of nitrogens with one attached hydrogen (secondary N) is 3. The van der Waals surface area contributed by atoms with Crippen LogP contribution in [0.4, 0.5) is 0 Å². The predicted octanol–water partition coefficient (Wildman–Crippen LogP) is 5.83. The lowest BCUT2D eigenvalue weighted by atomic mass is 9.84. The highest BCUT2D eigenvalue weighted by molar-refractivity contribution is 6.27. The third-order valence-electron chi connectivity index (χ3n) is 10.9. The van der Waals surface area contributed by atoms with Crippen molar-refractivity contribution in [2.45, 2.75) is 85.2 Å². The standard InChI is InChI=1S/C43H57N5O9/c1-10-28-23(2)31-22-36-39(27(6)49)25(4)33(46-36)20-32-24(3)29(11-12-37(50)54-8)41(47-32)30(19-38(51)55-9)42-40(26(5)34(48-42)21-35(28)45-31)43(52)44-13-14-56-17-18-57-16-15-53-7/h20-22,24,27,29,45-46,49H,10-19H2,1-9H3,(H,44,52). The average Bonchev–Trinajstić information content (AvgIpc) is 3.87. The van der Waals surface area contributed by atoms with E-state index in [-0.39, 0.29) is 49.7 Å². The topological polar surface area (TPSA) is 187 Å². The van der Waals surface area contributed by atoms with Gasteiger partial charge < -0.3 is 44.1 Å². The van der Waals surface area contributed by atoms with Gasteiger partial charge in [-0.25, -0.2) is 4.98 Å². The number of esters is 2. The van der Waals surface area contributed by atoms with Crippen LogP contribution in [0.15, 0.2) is 18.2 Å². The molecule has 8 bridgehead atoms. The van der Waals surface area contributed by atoms with Crippen molar-refractivity contribution in [1.82, 2.24) is 25.3 Å². The molecule has 5 rings (SSSR count). The summed E-state index contributed by atoms with van der Waals surface area (Å²) < 4.78 is 26.4. The van der Waals surface area contributed by atoms with Crippen molar-refractivity contribution in [3.8, 4) is 0 Å². The van der Waals surface area contributed by atoms with Crippen LogP contribution in [0, 0.1) is 13.8 Å². The van der Waals surface area contributed by atoms with Crippen molar-refractivity contribution in [3.63, 3.8) is 0 Å². The van der Waals surface area contributed by atoms with Crippen LogP contribution in [0.5, 0.6) is 0 Å². The third kappa shape index (κ3) is 9.63. The lowest BCUT2D eigenvalue weighted by Gasteiger charge is -2.18. The Morgan fingerprint density at radius 3 is 2.18 bits per heavy atom. The first-order valence-electron chi connectivity index (χ1n) is 19.6. The number of methoxy groups -OCH3 is 3. The Morgan fingerprint density at radius 1 is 0.842 bits per heavy atom. The Kier molecular flexibility index (Phi) is 14.8. The molecule has 1 amide bonds. The Morgan fingerprint density at radius 2 is 1.51 bits per heavy atom. The van der Waals surface area contributed by atoms with Crippen LogP contribution < -0.4 is 5.32 Å². The second-order valence-electron chi connectivity index (χ2n) is 14.5. The maximum atomic E-state index is 14.3. The number of rotatable bonds is 17. The molecule has 2 aliphatic heterocycles. The number of nitrogens with zero attached hydrogens (tertiary/aromatic N) is 2. The Bertz CT molecular complexity index is 2170. The van der Waals surface area contributed by atoms with Crippen molar-refractivity contribution in [2.75, 3.05) is 60.9 Å². The van der Waals surface area contributed by atoms with E-state index in [0.29, 0.717) is 72.3 Å². The molecule has 3 atom stereocenters. The van der Waals surface area contributed by atoms with Crippen molar-refractivity contribution in [3.05, 3.63) is 68.8 Å². The number of hydrogen-bond acceptors (Lipinski definition) is 11. The highest BCUT2D eigenvalue weighted by Gasteiger charge is 2.36. The van der Waals surface area contributed by atoms with Gasteiger partial charge >= 0.3 is 11.9 Å². The van der Waals surface area contributed by atoms with Crippen LogP contribution in [0.3, 0.4) is 0 Å². The van der Waals surface area contributed by atoms with Crippen LogP contribution >= 0.6 is 0 Å². The minimum atomic E-state index is -0.757. The molecule has 2 aliphatic rings. The Labute approximate surface area is 333 Å². The number of carbonyl (C=O) groups is 3. The van der Waals surface area contributed by atoms with Gasteiger partial charge in [-0.15, -0.1) is 0 Å². The number of H-pyrrole nitrogens is 2. The minimum Gasteiger partial charge on any atom is -0.469 e. The summed E-state index contributed by atoms with van der Waals surface area (Å²) in [5.41, 5.74) is 10.5. The SMILES string of the molecule is CCc1c(C)c2cc3[nH]c(cc4nc(c(CC(=O)OC)c5nc(cc1[nH]2)C(C)=C5C(=O)NCCOCCOCCOC)C(CCC(=O)OC)C4C)c(C)c3C(C)O. The fraction of sp³-hybridized carbons (Fsp3) is 0.512. The number of ether oxygens (including phenoxy) is 5. The van der Waals surface area contributed by atoms with Crippen LogP contribution in [0.1, 0.15) is 109 Å². The number of aliphatic hydroxyl groups is 1. The van der Waals surface area contributed by atoms with E-state index in [2.05, 4.69) is 29.1 Å². The zero-order valence-electron chi connectivity index (χ0n) is 34.6. The molecule has 5 heterocycles. The van der Waals surface area contributed by atoms with E-state index < -0.39 is 12.1 Å². The van der Waals surface area contributed by atoms with Gasteiger partial charge in [0, 0.05) is 70.8 Å². The zero-order valence-corrected chi connectivity index (χ0v) is 34.6. The summed E-state index contributed by atoms with van der Waals surface area (Å²) in [4.78, 5) is 57.6. The van der Waals surface area contributed by atoms with Crippen LogP contribution in [0.25, 0.3) is 33.2 Å². The first-order chi connectivity index (χ1) is 27.3. The molecule has 14 nitrogen and oxygen atoms in total. The molecule has 57 heavy (non-hydrogen) atoms. The summed E-state index contributed by atoms with van der Waals surface area (Å²) in [5, 5.41) is 14.0. The van der Waals surface area contributed by atoms with Crippen molar-refractivity contribution in [1.29, 1.82) is 0 Å². The largest absolute Gasteiger partial charge is 0.469 e. The second-order valence-corrected chi connectivity index (χ2v) is 14.5. The van der Waals surface area contributed by atoms with E-state index in [1.54, 1.807) is 14.0 Å². The van der Waals surface area contributed by atoms with E-state index in [1.165, 1.54) is 14.2 Å². The summed E-state index contributed by atoms with van der Waals surface area (Å²) in [6, 6.07) is 5.92. The van der Waals surface area contributed by atoms with Gasteiger partial charge in [0.2, 0.25) is 0 Å². The van der Waals surface area contributed by atoms with Gasteiger partial charge in [0.15, 0.2) is 0 Å². The zero-order chi connectivity index (χ0) is 41.4. The quantitative estimate of drug-likeness (QED) is 0.0953. The van der Waals surface area contributed by atoms with Gasteiger partial charge in [-0.3, -0.25) is 19.4 Å². The van der Waals surface area contributed by atoms with Gasteiger partial charge in [-0.2, -0.15) is 0 Å². The Hall–Kier alpha value is -4.89. The van der Waals surface area contributed by atoms with E-state index in [0.717, 1.165) is 50.7 Å². The summed E-state index contributed by atoms with van der Waals surface area (Å²) in [6.07, 6.45) is 0.229. The van der Waals surface area contributed by atoms with E-state index >= 15 is 0 Å². The predicted molar refractivity (Wildman–Crippen MR) is 218 cm³/mol. The van der Waals surface area contributed by atoms with Crippen LogP contribution in [0.2, 0.25) is 0 Å². The number of carbonyl (C=O) groups excluding carboxylic acids is 3. The first kappa shape index (κ1) is 43.2. The summed E-state index contributed by atoms with van der Waals surface area (Å²) in [5.74, 6) is -1.84. The molecular formula is C43H57N5O9. The maximum absolute atomic E-state index is 14.3. The summed E-state index contributed by atoms with van der Waals surface area (Å²) >= 11 is 0. The van der Waals surface area contributed by atoms with Gasteiger partial charge in [0.25, 0.3) is 5.91 Å². The lowest BCUT2D eigenvalue weighted by Crippen LogP contribution is -2.29. The molecule has 0 saturated heterocycles. The molecule has 0 aliphatic carbocycles. The van der Waals surface area contributed by atoms with E-state index in [9.17, 15) is 19.5 Å². The van der Waals surface area contributed by atoms with E-state index in [4.69, 9.17) is 33.7 Å². The number of hydrogen-bond donors (Lipinski definition) is 4. The fourth-order valence-corrected chi connectivity index (χ4v) is 7.77. The van der Waals surface area contributed by atoms with Crippen molar-refractivity contribution < 1.29 is 43.2 Å². The van der Waals surface area contributed by atoms with E-state index in [1.807, 2.05) is 39.0 Å². The Balaban J connectivity index is 1.79. The van der Waals surface area contributed by atoms with Crippen LogP contribution in [-0.2, 0) is 50.9 Å². The highest BCUT2D eigenvalue weighted by atomic mass is 16.5. The second kappa shape index (κ2) is 19.5. The molecular weight excluding hydrogens is 730 g/mol. The number of aromatic amines is 2. The number of aliphatic hydroxyl groups excluding tert-OH is 1. The normalized spacial score (nSPS) is 15.8. The highest BCUT2D eigenvalue weighted by Crippen LogP contribution is 2.44. The average molecular weight is 788 g/mol. The number of aryl methyl sites for hydroxylation is 3. The molecule has 0 aromatic carbocycles. The molecule has 0 radical (unpaired) electrons.